The van der Waals surface area contributed by atoms with E-state index in [4.69, 9.17) is 4.74 Å². The monoisotopic (exact) mass is 402 g/mol. The summed E-state index contributed by atoms with van der Waals surface area (Å²) in [6, 6.07) is 18.8. The minimum Gasteiger partial charge on any atom is -0.457 e. The lowest BCUT2D eigenvalue weighted by Crippen LogP contribution is -2.37. The van der Waals surface area contributed by atoms with Crippen molar-refractivity contribution in [3.05, 3.63) is 82.4 Å². The Morgan fingerprint density at radius 3 is 2.43 bits per heavy atom. The van der Waals surface area contributed by atoms with Crippen LogP contribution in [0.15, 0.2) is 65.5 Å². The molecule has 152 valence electrons. The van der Waals surface area contributed by atoms with E-state index < -0.39 is 5.91 Å². The Balaban J connectivity index is 1.87. The van der Waals surface area contributed by atoms with Crippen molar-refractivity contribution < 1.29 is 9.53 Å². The van der Waals surface area contributed by atoms with Crippen LogP contribution < -0.4 is 15.7 Å². The maximum Gasteiger partial charge on any atom is 0.282 e. The third-order valence-corrected chi connectivity index (χ3v) is 4.69. The molecule has 1 amide bonds. The summed E-state index contributed by atoms with van der Waals surface area (Å²) in [7, 11) is 3.41. The third kappa shape index (κ3) is 3.70. The molecule has 0 aliphatic heterocycles. The van der Waals surface area contributed by atoms with Crippen LogP contribution in [0, 0.1) is 6.92 Å². The lowest BCUT2D eigenvalue weighted by atomic mass is 10.1. The van der Waals surface area contributed by atoms with Gasteiger partial charge < -0.3 is 14.7 Å². The fourth-order valence-corrected chi connectivity index (χ4v) is 3.42. The van der Waals surface area contributed by atoms with Crippen molar-refractivity contribution in [1.82, 2.24) is 20.4 Å². The SMILES string of the molecule is Cc1[nH]c(-c2ccccc2Oc2ccccc2)c2cc(C(=O)NN(C)C)[nH]c(=O)c12. The van der Waals surface area contributed by atoms with Gasteiger partial charge in [-0.3, -0.25) is 15.0 Å². The largest absolute Gasteiger partial charge is 0.457 e. The molecule has 30 heavy (non-hydrogen) atoms. The number of aryl methyl sites for hydroxylation is 1. The van der Waals surface area contributed by atoms with Crippen molar-refractivity contribution >= 4 is 16.7 Å². The maximum absolute atomic E-state index is 12.7. The van der Waals surface area contributed by atoms with E-state index in [0.717, 1.165) is 17.0 Å². The predicted molar refractivity (Wildman–Crippen MR) is 117 cm³/mol. The van der Waals surface area contributed by atoms with Crippen LogP contribution >= 0.6 is 0 Å². The van der Waals surface area contributed by atoms with Crippen LogP contribution in [0.5, 0.6) is 11.5 Å². The molecule has 0 aliphatic rings. The summed E-state index contributed by atoms with van der Waals surface area (Å²) in [5.41, 5.74) is 4.75. The highest BCUT2D eigenvalue weighted by Gasteiger charge is 2.19. The van der Waals surface area contributed by atoms with E-state index in [1.165, 1.54) is 5.01 Å². The number of benzene rings is 2. The number of hydrogen-bond donors (Lipinski definition) is 3. The molecule has 0 bridgehead atoms. The molecule has 2 heterocycles. The molecule has 3 N–H and O–H groups in total. The van der Waals surface area contributed by atoms with Gasteiger partial charge in [0.2, 0.25) is 0 Å². The van der Waals surface area contributed by atoms with Gasteiger partial charge in [0.1, 0.15) is 17.2 Å². The number of hydrogen-bond acceptors (Lipinski definition) is 4. The Morgan fingerprint density at radius 2 is 1.70 bits per heavy atom. The number of H-pyrrole nitrogens is 2. The number of hydrazine groups is 1. The van der Waals surface area contributed by atoms with Crippen molar-refractivity contribution in [3.8, 4) is 22.8 Å². The minimum absolute atomic E-state index is 0.183. The van der Waals surface area contributed by atoms with E-state index in [2.05, 4.69) is 15.4 Å². The van der Waals surface area contributed by atoms with Gasteiger partial charge >= 0.3 is 0 Å². The minimum atomic E-state index is -0.391. The van der Waals surface area contributed by atoms with Crippen LogP contribution in [-0.2, 0) is 0 Å². The Bertz CT molecular complexity index is 1270. The number of para-hydroxylation sites is 2. The molecule has 4 aromatic rings. The third-order valence-electron chi connectivity index (χ3n) is 4.69. The Hall–Kier alpha value is -3.84. The summed E-state index contributed by atoms with van der Waals surface area (Å²) >= 11 is 0. The molecule has 0 spiro atoms. The van der Waals surface area contributed by atoms with Crippen LogP contribution in [0.25, 0.3) is 22.0 Å². The Labute approximate surface area is 173 Å². The molecule has 0 aliphatic carbocycles. The first-order valence-corrected chi connectivity index (χ1v) is 9.50. The molecule has 2 aromatic heterocycles. The summed E-state index contributed by atoms with van der Waals surface area (Å²) in [5.74, 6) is 0.963. The van der Waals surface area contributed by atoms with Gasteiger partial charge in [-0.05, 0) is 37.3 Å². The first kappa shape index (κ1) is 19.5. The average molecular weight is 402 g/mol. The molecular weight excluding hydrogens is 380 g/mol. The number of fused-ring (bicyclic) bond motifs is 1. The summed E-state index contributed by atoms with van der Waals surface area (Å²) in [5, 5.41) is 2.70. The standard InChI is InChI=1S/C23H22N4O3/c1-14-20-17(13-18(25-23(20)29)22(28)26-27(2)3)21(24-14)16-11-7-8-12-19(16)30-15-9-5-4-6-10-15/h4-13,24H,1-3H3,(H,25,29)(H,26,28). The van der Waals surface area contributed by atoms with Crippen LogP contribution in [0.1, 0.15) is 16.2 Å². The second-order valence-electron chi connectivity index (χ2n) is 7.17. The van der Waals surface area contributed by atoms with Crippen LogP contribution in [0.3, 0.4) is 0 Å². The highest BCUT2D eigenvalue weighted by Crippen LogP contribution is 2.37. The fraction of sp³-hybridized carbons (Fsp3) is 0.130. The van der Waals surface area contributed by atoms with E-state index in [1.54, 1.807) is 20.2 Å². The van der Waals surface area contributed by atoms with E-state index in [1.807, 2.05) is 61.5 Å². The van der Waals surface area contributed by atoms with Gasteiger partial charge in [-0.15, -0.1) is 0 Å². The molecule has 0 unspecified atom stereocenters. The van der Waals surface area contributed by atoms with Gasteiger partial charge in [0, 0.05) is 30.7 Å². The molecule has 4 rings (SSSR count). The van der Waals surface area contributed by atoms with Crippen molar-refractivity contribution in [2.24, 2.45) is 0 Å². The van der Waals surface area contributed by atoms with E-state index in [0.29, 0.717) is 22.3 Å². The lowest BCUT2D eigenvalue weighted by molar-refractivity contribution is 0.0851. The van der Waals surface area contributed by atoms with Gasteiger partial charge in [-0.1, -0.05) is 30.3 Å². The normalized spacial score (nSPS) is 11.1. The van der Waals surface area contributed by atoms with Gasteiger partial charge in [-0.2, -0.15) is 0 Å². The number of rotatable bonds is 5. The number of aromatic amines is 2. The first-order valence-electron chi connectivity index (χ1n) is 9.50. The first-order chi connectivity index (χ1) is 14.4. The average Bonchev–Trinajstić information content (AvgIpc) is 3.05. The summed E-state index contributed by atoms with van der Waals surface area (Å²) in [4.78, 5) is 31.2. The molecule has 2 aromatic carbocycles. The van der Waals surface area contributed by atoms with E-state index >= 15 is 0 Å². The zero-order valence-electron chi connectivity index (χ0n) is 16.9. The fourth-order valence-electron chi connectivity index (χ4n) is 3.42. The number of amides is 1. The van der Waals surface area contributed by atoms with E-state index in [-0.39, 0.29) is 11.3 Å². The molecule has 0 radical (unpaired) electrons. The molecule has 7 nitrogen and oxygen atoms in total. The summed E-state index contributed by atoms with van der Waals surface area (Å²) < 4.78 is 6.09. The highest BCUT2D eigenvalue weighted by molar-refractivity contribution is 6.02. The van der Waals surface area contributed by atoms with Crippen molar-refractivity contribution in [1.29, 1.82) is 0 Å². The molecule has 0 saturated heterocycles. The number of aromatic nitrogens is 2. The summed E-state index contributed by atoms with van der Waals surface area (Å²) in [6.07, 6.45) is 0. The smallest absolute Gasteiger partial charge is 0.282 e. The van der Waals surface area contributed by atoms with Gasteiger partial charge in [0.05, 0.1) is 11.1 Å². The molecule has 0 atom stereocenters. The van der Waals surface area contributed by atoms with Crippen molar-refractivity contribution in [3.63, 3.8) is 0 Å². The number of carbonyl (C=O) groups is 1. The zero-order chi connectivity index (χ0) is 21.3. The predicted octanol–water partition coefficient (Wildman–Crippen LogP) is 3.83. The van der Waals surface area contributed by atoms with Crippen LogP contribution in [0.4, 0.5) is 0 Å². The quantitative estimate of drug-likeness (QED) is 0.443. The molecule has 7 heteroatoms. The van der Waals surface area contributed by atoms with Gasteiger partial charge in [0.15, 0.2) is 0 Å². The van der Waals surface area contributed by atoms with Crippen LogP contribution in [-0.4, -0.2) is 35.0 Å². The maximum atomic E-state index is 12.7. The second kappa shape index (κ2) is 7.88. The molecule has 0 fully saturated rings. The van der Waals surface area contributed by atoms with E-state index in [9.17, 15) is 9.59 Å². The lowest BCUT2D eigenvalue weighted by Gasteiger charge is -2.12. The number of nitrogens with one attached hydrogen (secondary N) is 3. The molecular formula is C23H22N4O3. The van der Waals surface area contributed by atoms with Gasteiger partial charge in [0.25, 0.3) is 11.5 Å². The number of ether oxygens (including phenoxy) is 1. The van der Waals surface area contributed by atoms with Crippen molar-refractivity contribution in [2.45, 2.75) is 6.92 Å². The number of nitrogens with zero attached hydrogens (tertiary/aromatic N) is 1. The van der Waals surface area contributed by atoms with Gasteiger partial charge in [-0.25, -0.2) is 5.01 Å². The Morgan fingerprint density at radius 1 is 1.00 bits per heavy atom. The van der Waals surface area contributed by atoms with Crippen LogP contribution in [0.2, 0.25) is 0 Å². The molecule has 0 saturated carbocycles. The summed E-state index contributed by atoms with van der Waals surface area (Å²) in [6.45, 7) is 1.83. The topological polar surface area (TPSA) is 90.2 Å². The Kier molecular flexibility index (Phi) is 5.12. The second-order valence-corrected chi connectivity index (χ2v) is 7.17. The number of pyridine rings is 1. The highest BCUT2D eigenvalue weighted by atomic mass is 16.5. The zero-order valence-corrected chi connectivity index (χ0v) is 16.9. The van der Waals surface area contributed by atoms with Crippen molar-refractivity contribution in [2.75, 3.05) is 14.1 Å². The number of carbonyl (C=O) groups excluding carboxylic acids is 1.